The van der Waals surface area contributed by atoms with Crippen LogP contribution >= 0.6 is 11.6 Å². The van der Waals surface area contributed by atoms with E-state index < -0.39 is 0 Å². The standard InChI is InChI=1S/C16H20ClN7/c1-24-4-2-11(3-5-24)22-14-6-15(21-9-13(14)17)23-16-10-19-12(7-18)8-20-16/h6,8,10-11,21-22H,2-5,9H2,1H3,(H,20,23). The average Bonchev–Trinajstić information content (AvgIpc) is 2.60. The summed E-state index contributed by atoms with van der Waals surface area (Å²) in [6.07, 6.45) is 7.13. The summed E-state index contributed by atoms with van der Waals surface area (Å²) >= 11 is 6.35. The number of piperidine rings is 1. The second-order valence-electron chi connectivity index (χ2n) is 5.98. The zero-order valence-corrected chi connectivity index (χ0v) is 14.3. The van der Waals surface area contributed by atoms with E-state index in [1.807, 2.05) is 12.1 Å². The van der Waals surface area contributed by atoms with Crippen LogP contribution in [0.15, 0.2) is 35.0 Å². The van der Waals surface area contributed by atoms with Crippen molar-refractivity contribution >= 4 is 17.4 Å². The minimum Gasteiger partial charge on any atom is -0.381 e. The second kappa shape index (κ2) is 7.51. The molecule has 0 unspecified atom stereocenters. The summed E-state index contributed by atoms with van der Waals surface area (Å²) in [4.78, 5) is 10.5. The monoisotopic (exact) mass is 345 g/mol. The lowest BCUT2D eigenvalue weighted by atomic mass is 10.0. The average molecular weight is 346 g/mol. The third-order valence-electron chi connectivity index (χ3n) is 4.12. The van der Waals surface area contributed by atoms with E-state index in [9.17, 15) is 0 Å². The number of allylic oxidation sites excluding steroid dienone is 1. The third-order valence-corrected chi connectivity index (χ3v) is 4.46. The summed E-state index contributed by atoms with van der Waals surface area (Å²) in [5.41, 5.74) is 1.23. The molecule has 0 spiro atoms. The van der Waals surface area contributed by atoms with E-state index >= 15 is 0 Å². The van der Waals surface area contributed by atoms with Crippen LogP contribution in [0.25, 0.3) is 0 Å². The zero-order chi connectivity index (χ0) is 16.9. The molecule has 3 N–H and O–H groups in total. The molecule has 8 heteroatoms. The molecule has 0 radical (unpaired) electrons. The molecule has 0 aromatic carbocycles. The Labute approximate surface area is 146 Å². The Morgan fingerprint density at radius 3 is 2.79 bits per heavy atom. The Balaban J connectivity index is 1.65. The molecule has 7 nitrogen and oxygen atoms in total. The van der Waals surface area contributed by atoms with E-state index in [4.69, 9.17) is 16.9 Å². The minimum atomic E-state index is 0.290. The summed E-state index contributed by atoms with van der Waals surface area (Å²) in [6, 6.07) is 2.39. The number of hydrogen-bond donors (Lipinski definition) is 3. The Morgan fingerprint density at radius 2 is 2.12 bits per heavy atom. The van der Waals surface area contributed by atoms with Crippen LogP contribution < -0.4 is 16.0 Å². The second-order valence-corrected chi connectivity index (χ2v) is 6.43. The van der Waals surface area contributed by atoms with Gasteiger partial charge in [-0.3, -0.25) is 0 Å². The normalized spacial score (nSPS) is 19.3. The fourth-order valence-electron chi connectivity index (χ4n) is 2.70. The Morgan fingerprint density at radius 1 is 1.33 bits per heavy atom. The first-order valence-corrected chi connectivity index (χ1v) is 8.30. The molecule has 0 bridgehead atoms. The highest BCUT2D eigenvalue weighted by Crippen LogP contribution is 2.18. The van der Waals surface area contributed by atoms with Crippen LogP contribution in [0, 0.1) is 11.3 Å². The Kier molecular flexibility index (Phi) is 5.18. The Bertz CT molecular complexity index is 681. The van der Waals surface area contributed by atoms with Gasteiger partial charge in [0.1, 0.15) is 17.7 Å². The van der Waals surface area contributed by atoms with E-state index in [-0.39, 0.29) is 0 Å². The molecule has 0 aliphatic carbocycles. The van der Waals surface area contributed by atoms with E-state index in [2.05, 4.69) is 37.9 Å². The van der Waals surface area contributed by atoms with Gasteiger partial charge in [0.25, 0.3) is 0 Å². The maximum absolute atomic E-state index is 8.76. The number of nitriles is 1. The van der Waals surface area contributed by atoms with Crippen LogP contribution in [0.4, 0.5) is 5.82 Å². The Hall–Kier alpha value is -2.30. The molecule has 1 aromatic rings. The number of anilines is 1. The molecule has 0 amide bonds. The van der Waals surface area contributed by atoms with Gasteiger partial charge in [-0.25, -0.2) is 9.97 Å². The van der Waals surface area contributed by atoms with Crippen LogP contribution in [0.5, 0.6) is 0 Å². The van der Waals surface area contributed by atoms with Crippen molar-refractivity contribution in [2.75, 3.05) is 32.0 Å². The number of aromatic nitrogens is 2. The number of hydrogen-bond acceptors (Lipinski definition) is 7. The maximum Gasteiger partial charge on any atom is 0.158 e. The summed E-state index contributed by atoms with van der Waals surface area (Å²) in [6.45, 7) is 2.74. The summed E-state index contributed by atoms with van der Waals surface area (Å²) < 4.78 is 0. The van der Waals surface area contributed by atoms with Crippen molar-refractivity contribution in [2.45, 2.75) is 18.9 Å². The van der Waals surface area contributed by atoms with Crippen LogP contribution in [0.3, 0.4) is 0 Å². The minimum absolute atomic E-state index is 0.290. The highest BCUT2D eigenvalue weighted by Gasteiger charge is 2.19. The number of nitrogens with zero attached hydrogens (tertiary/aromatic N) is 4. The first-order chi connectivity index (χ1) is 11.6. The van der Waals surface area contributed by atoms with Gasteiger partial charge < -0.3 is 20.9 Å². The van der Waals surface area contributed by atoms with Gasteiger partial charge in [-0.05, 0) is 33.0 Å². The smallest absolute Gasteiger partial charge is 0.158 e. The third kappa shape index (κ3) is 4.16. The van der Waals surface area contributed by atoms with Crippen molar-refractivity contribution in [3.63, 3.8) is 0 Å². The quantitative estimate of drug-likeness (QED) is 0.758. The van der Waals surface area contributed by atoms with Crippen LogP contribution in [-0.4, -0.2) is 47.6 Å². The van der Waals surface area contributed by atoms with E-state index in [0.717, 1.165) is 42.5 Å². The number of likely N-dealkylation sites (tertiary alicyclic amines) is 1. The molecular weight excluding hydrogens is 326 g/mol. The molecule has 0 atom stereocenters. The number of dihydropyridines is 1. The van der Waals surface area contributed by atoms with Gasteiger partial charge in [-0.15, -0.1) is 0 Å². The van der Waals surface area contributed by atoms with Crippen LogP contribution in [0.2, 0.25) is 0 Å². The highest BCUT2D eigenvalue weighted by atomic mass is 35.5. The largest absolute Gasteiger partial charge is 0.381 e. The van der Waals surface area contributed by atoms with Gasteiger partial charge in [0, 0.05) is 12.1 Å². The van der Waals surface area contributed by atoms with Gasteiger partial charge in [0.05, 0.1) is 29.7 Å². The van der Waals surface area contributed by atoms with E-state index in [1.54, 1.807) is 0 Å². The number of rotatable bonds is 4. The van der Waals surface area contributed by atoms with Crippen molar-refractivity contribution in [3.8, 4) is 6.07 Å². The molecule has 3 rings (SSSR count). The lowest BCUT2D eigenvalue weighted by Crippen LogP contribution is -2.41. The topological polar surface area (TPSA) is 88.9 Å². The van der Waals surface area contributed by atoms with Crippen molar-refractivity contribution in [1.82, 2.24) is 25.5 Å². The van der Waals surface area contributed by atoms with Crippen molar-refractivity contribution in [1.29, 1.82) is 5.26 Å². The van der Waals surface area contributed by atoms with Gasteiger partial charge >= 0.3 is 0 Å². The molecule has 1 saturated heterocycles. The fourth-order valence-corrected chi connectivity index (χ4v) is 2.88. The molecule has 126 valence electrons. The van der Waals surface area contributed by atoms with E-state index in [1.165, 1.54) is 12.4 Å². The van der Waals surface area contributed by atoms with Crippen molar-refractivity contribution in [2.24, 2.45) is 0 Å². The molecule has 2 aliphatic heterocycles. The first kappa shape index (κ1) is 16.6. The first-order valence-electron chi connectivity index (χ1n) is 7.92. The summed E-state index contributed by atoms with van der Waals surface area (Å²) in [5.74, 6) is 1.37. The van der Waals surface area contributed by atoms with Crippen molar-refractivity contribution in [3.05, 3.63) is 40.7 Å². The molecular formula is C16H20ClN7. The van der Waals surface area contributed by atoms with Crippen molar-refractivity contribution < 1.29 is 0 Å². The van der Waals surface area contributed by atoms with E-state index in [0.29, 0.717) is 24.1 Å². The highest BCUT2D eigenvalue weighted by molar-refractivity contribution is 6.30. The fraction of sp³-hybridized carbons (Fsp3) is 0.438. The SMILES string of the molecule is CN1CCC(NC2=C(Cl)CNC(Nc3cnc(C#N)cn3)=C2)CC1. The van der Waals surface area contributed by atoms with Gasteiger partial charge in [0.2, 0.25) is 0 Å². The molecule has 3 heterocycles. The van der Waals surface area contributed by atoms with Crippen LogP contribution in [0.1, 0.15) is 18.5 Å². The summed E-state index contributed by atoms with van der Waals surface area (Å²) in [5, 5.41) is 19.4. The molecule has 1 fully saturated rings. The lowest BCUT2D eigenvalue weighted by Gasteiger charge is -2.31. The van der Waals surface area contributed by atoms with Crippen LogP contribution in [-0.2, 0) is 0 Å². The van der Waals surface area contributed by atoms with Gasteiger partial charge in [-0.2, -0.15) is 5.26 Å². The number of halogens is 1. The number of nitrogens with one attached hydrogen (secondary N) is 3. The predicted octanol–water partition coefficient (Wildman–Crippen LogP) is 1.34. The van der Waals surface area contributed by atoms with Gasteiger partial charge in [0.15, 0.2) is 5.69 Å². The summed E-state index contributed by atoms with van der Waals surface area (Å²) in [7, 11) is 2.15. The molecule has 24 heavy (non-hydrogen) atoms. The maximum atomic E-state index is 8.76. The lowest BCUT2D eigenvalue weighted by molar-refractivity contribution is 0.242. The van der Waals surface area contributed by atoms with Gasteiger partial charge in [-0.1, -0.05) is 11.6 Å². The molecule has 2 aliphatic rings. The predicted molar refractivity (Wildman–Crippen MR) is 93.0 cm³/mol. The zero-order valence-electron chi connectivity index (χ0n) is 13.5. The molecule has 1 aromatic heterocycles. The molecule has 0 saturated carbocycles.